The number of hydrogen-bond acceptors (Lipinski definition) is 2. The van der Waals surface area contributed by atoms with E-state index >= 15 is 0 Å². The molecule has 1 N–H and O–H groups in total. The summed E-state index contributed by atoms with van der Waals surface area (Å²) in [4.78, 5) is 2.43. The molecule has 0 aliphatic rings. The molecule has 2 heteroatoms. The third-order valence-electron chi connectivity index (χ3n) is 3.65. The van der Waals surface area contributed by atoms with Crippen LogP contribution in [0, 0.1) is 0 Å². The van der Waals surface area contributed by atoms with E-state index < -0.39 is 0 Å². The average Bonchev–Trinajstić information content (AvgIpc) is 2.53. The molecule has 20 heavy (non-hydrogen) atoms. The van der Waals surface area contributed by atoms with Gasteiger partial charge in [0.15, 0.2) is 0 Å². The minimum Gasteiger partial charge on any atom is -0.383 e. The summed E-state index contributed by atoms with van der Waals surface area (Å²) >= 11 is 0. The number of likely N-dealkylation sites (N-methyl/N-ethyl adjacent to an activating group) is 1. The Labute approximate surface area is 122 Å². The second-order valence-electron chi connectivity index (χ2n) is 4.87. The molecule has 0 spiro atoms. The molecule has 0 saturated carbocycles. The quantitative estimate of drug-likeness (QED) is 0.813. The number of nitrogens with one attached hydrogen (secondary N) is 1. The standard InChI is InChI=1S/C18H24N2/c1-3-20(4-2)15-14-19-18-13-9-8-12-17(18)16-10-6-5-7-11-16/h5-13,19H,3-4,14-15H2,1-2H3. The maximum Gasteiger partial charge on any atom is 0.0420 e. The SMILES string of the molecule is CCN(CC)CCNc1ccccc1-c1ccccc1. The number of rotatable bonds is 7. The molecule has 0 radical (unpaired) electrons. The van der Waals surface area contributed by atoms with Crippen molar-refractivity contribution in [3.05, 3.63) is 54.6 Å². The highest BCUT2D eigenvalue weighted by molar-refractivity contribution is 5.77. The van der Waals surface area contributed by atoms with E-state index in [1.54, 1.807) is 0 Å². The highest BCUT2D eigenvalue weighted by atomic mass is 15.1. The van der Waals surface area contributed by atoms with Crippen molar-refractivity contribution in [3.63, 3.8) is 0 Å². The van der Waals surface area contributed by atoms with Gasteiger partial charge in [0.25, 0.3) is 0 Å². The van der Waals surface area contributed by atoms with Crippen molar-refractivity contribution in [2.24, 2.45) is 0 Å². The molecule has 0 fully saturated rings. The Morgan fingerprint density at radius 3 is 2.20 bits per heavy atom. The number of para-hydroxylation sites is 1. The lowest BCUT2D eigenvalue weighted by Crippen LogP contribution is -2.28. The van der Waals surface area contributed by atoms with Crippen LogP contribution in [0.5, 0.6) is 0 Å². The normalized spacial score (nSPS) is 10.8. The van der Waals surface area contributed by atoms with E-state index in [9.17, 15) is 0 Å². The van der Waals surface area contributed by atoms with Crippen molar-refractivity contribution in [1.29, 1.82) is 0 Å². The molecule has 0 aliphatic carbocycles. The summed E-state index contributed by atoms with van der Waals surface area (Å²) in [6.07, 6.45) is 0. The number of hydrogen-bond donors (Lipinski definition) is 1. The van der Waals surface area contributed by atoms with E-state index in [4.69, 9.17) is 0 Å². The zero-order valence-electron chi connectivity index (χ0n) is 12.5. The predicted octanol–water partition coefficient (Wildman–Crippen LogP) is 4.11. The molecule has 0 bridgehead atoms. The minimum atomic E-state index is 0.978. The number of benzene rings is 2. The second kappa shape index (κ2) is 7.71. The van der Waals surface area contributed by atoms with Crippen LogP contribution in [-0.2, 0) is 0 Å². The van der Waals surface area contributed by atoms with Crippen LogP contribution in [0.1, 0.15) is 13.8 Å². The van der Waals surface area contributed by atoms with E-state index in [0.717, 1.165) is 26.2 Å². The Morgan fingerprint density at radius 1 is 0.850 bits per heavy atom. The maximum absolute atomic E-state index is 3.57. The fourth-order valence-corrected chi connectivity index (χ4v) is 2.40. The summed E-state index contributed by atoms with van der Waals surface area (Å²) in [7, 11) is 0. The lowest BCUT2D eigenvalue weighted by Gasteiger charge is -2.19. The molecule has 0 aromatic heterocycles. The molecule has 106 valence electrons. The summed E-state index contributed by atoms with van der Waals surface area (Å²) < 4.78 is 0. The van der Waals surface area contributed by atoms with Crippen LogP contribution >= 0.6 is 0 Å². The summed E-state index contributed by atoms with van der Waals surface area (Å²) in [6, 6.07) is 19.1. The monoisotopic (exact) mass is 268 g/mol. The van der Waals surface area contributed by atoms with Gasteiger partial charge in [-0.3, -0.25) is 0 Å². The van der Waals surface area contributed by atoms with Crippen LogP contribution in [0.15, 0.2) is 54.6 Å². The topological polar surface area (TPSA) is 15.3 Å². The summed E-state index contributed by atoms with van der Waals surface area (Å²) in [6.45, 7) is 8.70. The van der Waals surface area contributed by atoms with Gasteiger partial charge in [-0.05, 0) is 24.7 Å². The van der Waals surface area contributed by atoms with Crippen molar-refractivity contribution in [3.8, 4) is 11.1 Å². The Morgan fingerprint density at radius 2 is 1.50 bits per heavy atom. The van der Waals surface area contributed by atoms with Crippen molar-refractivity contribution in [1.82, 2.24) is 4.90 Å². The van der Waals surface area contributed by atoms with E-state index in [2.05, 4.69) is 78.7 Å². The Balaban J connectivity index is 2.05. The molecule has 0 saturated heterocycles. The first-order valence-electron chi connectivity index (χ1n) is 7.45. The van der Waals surface area contributed by atoms with Gasteiger partial charge in [0.1, 0.15) is 0 Å². The van der Waals surface area contributed by atoms with Crippen molar-refractivity contribution in [2.75, 3.05) is 31.5 Å². The lowest BCUT2D eigenvalue weighted by atomic mass is 10.0. The molecule has 0 atom stereocenters. The smallest absolute Gasteiger partial charge is 0.0420 e. The van der Waals surface area contributed by atoms with Crippen molar-refractivity contribution in [2.45, 2.75) is 13.8 Å². The van der Waals surface area contributed by atoms with Crippen LogP contribution < -0.4 is 5.32 Å². The largest absolute Gasteiger partial charge is 0.383 e. The zero-order chi connectivity index (χ0) is 14.2. The van der Waals surface area contributed by atoms with E-state index in [-0.39, 0.29) is 0 Å². The van der Waals surface area contributed by atoms with Crippen LogP contribution in [0.2, 0.25) is 0 Å². The van der Waals surface area contributed by atoms with Gasteiger partial charge < -0.3 is 10.2 Å². The molecule has 0 amide bonds. The Kier molecular flexibility index (Phi) is 5.63. The Hall–Kier alpha value is -1.80. The van der Waals surface area contributed by atoms with Gasteiger partial charge in [0.05, 0.1) is 0 Å². The zero-order valence-corrected chi connectivity index (χ0v) is 12.5. The molecular weight excluding hydrogens is 244 g/mol. The van der Waals surface area contributed by atoms with Gasteiger partial charge in [-0.25, -0.2) is 0 Å². The summed E-state index contributed by atoms with van der Waals surface area (Å²) in [5, 5.41) is 3.57. The predicted molar refractivity (Wildman–Crippen MR) is 88.2 cm³/mol. The maximum atomic E-state index is 3.57. The first kappa shape index (κ1) is 14.6. The van der Waals surface area contributed by atoms with Crippen LogP contribution in [0.3, 0.4) is 0 Å². The second-order valence-corrected chi connectivity index (χ2v) is 4.87. The molecule has 0 unspecified atom stereocenters. The van der Waals surface area contributed by atoms with Crippen LogP contribution in [-0.4, -0.2) is 31.1 Å². The highest BCUT2D eigenvalue weighted by Crippen LogP contribution is 2.27. The van der Waals surface area contributed by atoms with Crippen molar-refractivity contribution >= 4 is 5.69 Å². The van der Waals surface area contributed by atoms with E-state index in [0.29, 0.717) is 0 Å². The Bertz CT molecular complexity index is 504. The van der Waals surface area contributed by atoms with Gasteiger partial charge in [-0.1, -0.05) is 62.4 Å². The fraction of sp³-hybridized carbons (Fsp3) is 0.333. The van der Waals surface area contributed by atoms with Gasteiger partial charge >= 0.3 is 0 Å². The van der Waals surface area contributed by atoms with Crippen LogP contribution in [0.25, 0.3) is 11.1 Å². The molecule has 2 aromatic rings. The fourth-order valence-electron chi connectivity index (χ4n) is 2.40. The summed E-state index contributed by atoms with van der Waals surface area (Å²) in [5.74, 6) is 0. The number of nitrogens with zero attached hydrogens (tertiary/aromatic N) is 1. The van der Waals surface area contributed by atoms with Crippen molar-refractivity contribution < 1.29 is 0 Å². The van der Waals surface area contributed by atoms with Gasteiger partial charge in [-0.15, -0.1) is 0 Å². The summed E-state index contributed by atoms with van der Waals surface area (Å²) in [5.41, 5.74) is 3.75. The van der Waals surface area contributed by atoms with E-state index in [1.165, 1.54) is 16.8 Å². The molecule has 0 aliphatic heterocycles. The first-order chi connectivity index (χ1) is 9.85. The number of anilines is 1. The molecule has 2 rings (SSSR count). The molecule has 2 aromatic carbocycles. The first-order valence-corrected chi connectivity index (χ1v) is 7.45. The van der Waals surface area contributed by atoms with Gasteiger partial charge in [0, 0.05) is 24.3 Å². The minimum absolute atomic E-state index is 0.978. The molecule has 0 heterocycles. The average molecular weight is 268 g/mol. The third-order valence-corrected chi connectivity index (χ3v) is 3.65. The van der Waals surface area contributed by atoms with Crippen LogP contribution in [0.4, 0.5) is 5.69 Å². The van der Waals surface area contributed by atoms with Gasteiger partial charge in [0.2, 0.25) is 0 Å². The third kappa shape index (κ3) is 3.84. The van der Waals surface area contributed by atoms with Gasteiger partial charge in [-0.2, -0.15) is 0 Å². The van der Waals surface area contributed by atoms with E-state index in [1.807, 2.05) is 0 Å². The molecule has 2 nitrogen and oxygen atoms in total. The molecular formula is C18H24N2. The lowest BCUT2D eigenvalue weighted by molar-refractivity contribution is 0.316. The highest BCUT2D eigenvalue weighted by Gasteiger charge is 2.04.